The van der Waals surface area contributed by atoms with Crippen molar-refractivity contribution in [2.45, 2.75) is 19.4 Å². The van der Waals surface area contributed by atoms with E-state index in [1.54, 1.807) is 12.5 Å². The van der Waals surface area contributed by atoms with Crippen LogP contribution in [0.5, 0.6) is 0 Å². The minimum absolute atomic E-state index is 0.0474. The molecule has 5 heteroatoms. The Hall–Kier alpha value is -3.34. The molecule has 0 radical (unpaired) electrons. The first kappa shape index (κ1) is 15.0. The summed E-state index contributed by atoms with van der Waals surface area (Å²) in [4.78, 5) is 4.93. The van der Waals surface area contributed by atoms with Crippen LogP contribution >= 0.6 is 0 Å². The average molecular weight is 343 g/mol. The number of aromatic nitrogens is 2. The predicted octanol–water partition coefficient (Wildman–Crippen LogP) is 5.16. The van der Waals surface area contributed by atoms with Gasteiger partial charge in [0.25, 0.3) is 0 Å². The minimum atomic E-state index is -0.0474. The van der Waals surface area contributed by atoms with Crippen LogP contribution in [0.3, 0.4) is 0 Å². The van der Waals surface area contributed by atoms with Crippen LogP contribution in [-0.4, -0.2) is 15.5 Å². The maximum absolute atomic E-state index is 5.70. The molecular formula is C21H17N3O2. The summed E-state index contributed by atoms with van der Waals surface area (Å²) < 4.78 is 13.3. The monoisotopic (exact) mass is 343 g/mol. The fraction of sp³-hybridized carbons (Fsp3) is 0.143. The van der Waals surface area contributed by atoms with Gasteiger partial charge < -0.3 is 8.83 Å². The summed E-state index contributed by atoms with van der Waals surface area (Å²) in [5.41, 5.74) is 4.01. The van der Waals surface area contributed by atoms with E-state index < -0.39 is 0 Å². The number of aryl methyl sites for hydroxylation is 1. The van der Waals surface area contributed by atoms with Crippen LogP contribution in [-0.2, 0) is 0 Å². The third-order valence-corrected chi connectivity index (χ3v) is 4.72. The van der Waals surface area contributed by atoms with Crippen molar-refractivity contribution in [3.63, 3.8) is 0 Å². The number of hydrogen-bond acceptors (Lipinski definition) is 4. The molecule has 1 aliphatic heterocycles. The predicted molar refractivity (Wildman–Crippen MR) is 98.8 cm³/mol. The van der Waals surface area contributed by atoms with Crippen molar-refractivity contribution in [1.82, 2.24) is 9.78 Å². The van der Waals surface area contributed by atoms with Crippen molar-refractivity contribution in [2.75, 3.05) is 0 Å². The van der Waals surface area contributed by atoms with Gasteiger partial charge in [-0.15, -0.1) is 0 Å². The van der Waals surface area contributed by atoms with Gasteiger partial charge in [-0.05, 0) is 36.8 Å². The molecule has 0 unspecified atom stereocenters. The second kappa shape index (κ2) is 5.88. The van der Waals surface area contributed by atoms with Crippen molar-refractivity contribution in [3.05, 3.63) is 84.3 Å². The van der Waals surface area contributed by atoms with E-state index >= 15 is 0 Å². The van der Waals surface area contributed by atoms with Crippen LogP contribution in [0.1, 0.15) is 29.7 Å². The second-order valence-corrected chi connectivity index (χ2v) is 6.37. The third-order valence-electron chi connectivity index (χ3n) is 4.72. The molecule has 0 saturated heterocycles. The molecule has 0 saturated carbocycles. The number of fused-ring (bicyclic) bond motifs is 1. The number of rotatable bonds is 3. The lowest BCUT2D eigenvalue weighted by molar-refractivity contribution is 0.407. The van der Waals surface area contributed by atoms with Gasteiger partial charge in [-0.1, -0.05) is 30.3 Å². The lowest BCUT2D eigenvalue weighted by Gasteiger charge is -2.22. The molecule has 0 N–H and O–H groups in total. The Bertz CT molecular complexity index is 1060. The molecule has 128 valence electrons. The smallest absolute Gasteiger partial charge is 0.159 e. The molecule has 1 aliphatic rings. The first-order valence-electron chi connectivity index (χ1n) is 8.60. The zero-order valence-electron chi connectivity index (χ0n) is 14.3. The zero-order chi connectivity index (χ0) is 17.5. The SMILES string of the molecule is Cc1nn2c(c1-c1ccccc1)N=C(c1ccco1)C[C@@H]2c1ccco1. The third kappa shape index (κ3) is 2.32. The van der Waals surface area contributed by atoms with E-state index in [9.17, 15) is 0 Å². The number of nitrogens with zero attached hydrogens (tertiary/aromatic N) is 3. The standard InChI is InChI=1S/C21H17N3O2/c1-14-20(15-7-3-2-4-8-15)21-22-16(18-9-5-11-25-18)13-17(24(21)23-14)19-10-6-12-26-19/h2-12,17H,13H2,1H3/t17-/m1/s1. The molecule has 26 heavy (non-hydrogen) atoms. The maximum atomic E-state index is 5.70. The van der Waals surface area contributed by atoms with Crippen LogP contribution < -0.4 is 0 Å². The summed E-state index contributed by atoms with van der Waals surface area (Å²) in [7, 11) is 0. The summed E-state index contributed by atoms with van der Waals surface area (Å²) in [6, 6.07) is 17.9. The van der Waals surface area contributed by atoms with Gasteiger partial charge in [0.05, 0.1) is 23.9 Å². The Labute approximate surface area is 150 Å². The van der Waals surface area contributed by atoms with E-state index in [0.29, 0.717) is 6.42 Å². The molecule has 0 amide bonds. The summed E-state index contributed by atoms with van der Waals surface area (Å²) >= 11 is 0. The molecule has 0 spiro atoms. The lowest BCUT2D eigenvalue weighted by atomic mass is 10.0. The number of benzene rings is 1. The van der Waals surface area contributed by atoms with E-state index in [-0.39, 0.29) is 6.04 Å². The fourth-order valence-corrected chi connectivity index (χ4v) is 3.55. The van der Waals surface area contributed by atoms with E-state index in [1.165, 1.54) is 0 Å². The first-order valence-corrected chi connectivity index (χ1v) is 8.60. The Morgan fingerprint density at radius 1 is 0.962 bits per heavy atom. The van der Waals surface area contributed by atoms with E-state index in [1.807, 2.05) is 54.1 Å². The topological polar surface area (TPSA) is 56.5 Å². The van der Waals surface area contributed by atoms with Crippen molar-refractivity contribution < 1.29 is 8.83 Å². The molecule has 1 aromatic carbocycles. The Morgan fingerprint density at radius 3 is 2.50 bits per heavy atom. The molecule has 4 aromatic rings. The molecule has 0 bridgehead atoms. The highest BCUT2D eigenvalue weighted by Crippen LogP contribution is 2.41. The van der Waals surface area contributed by atoms with Gasteiger partial charge in [0.15, 0.2) is 5.82 Å². The van der Waals surface area contributed by atoms with Crippen LogP contribution in [0.2, 0.25) is 0 Å². The Morgan fingerprint density at radius 2 is 1.77 bits per heavy atom. The highest BCUT2D eigenvalue weighted by Gasteiger charge is 2.31. The zero-order valence-corrected chi connectivity index (χ0v) is 14.3. The fourth-order valence-electron chi connectivity index (χ4n) is 3.55. The van der Waals surface area contributed by atoms with Crippen LogP contribution in [0.25, 0.3) is 11.1 Å². The summed E-state index contributed by atoms with van der Waals surface area (Å²) in [5.74, 6) is 2.49. The second-order valence-electron chi connectivity index (χ2n) is 6.37. The normalized spacial score (nSPS) is 16.3. The van der Waals surface area contributed by atoms with Gasteiger partial charge in [0.2, 0.25) is 0 Å². The van der Waals surface area contributed by atoms with Gasteiger partial charge in [-0.25, -0.2) is 9.67 Å². The highest BCUT2D eigenvalue weighted by atomic mass is 16.3. The molecule has 3 aromatic heterocycles. The van der Waals surface area contributed by atoms with Gasteiger partial charge in [0.1, 0.15) is 17.6 Å². The van der Waals surface area contributed by atoms with E-state index in [0.717, 1.165) is 39.9 Å². The maximum Gasteiger partial charge on any atom is 0.159 e. The van der Waals surface area contributed by atoms with E-state index in [4.69, 9.17) is 18.9 Å². The minimum Gasteiger partial charge on any atom is -0.467 e. The van der Waals surface area contributed by atoms with Crippen LogP contribution in [0.4, 0.5) is 5.82 Å². The highest BCUT2D eigenvalue weighted by molar-refractivity contribution is 6.02. The molecule has 5 nitrogen and oxygen atoms in total. The summed E-state index contributed by atoms with van der Waals surface area (Å²) in [6.45, 7) is 2.02. The van der Waals surface area contributed by atoms with Crippen molar-refractivity contribution in [1.29, 1.82) is 0 Å². The van der Waals surface area contributed by atoms with Gasteiger partial charge in [0, 0.05) is 12.0 Å². The van der Waals surface area contributed by atoms with Crippen LogP contribution in [0.15, 0.2) is 81.0 Å². The molecule has 4 heterocycles. The number of aliphatic imine (C=N–C) groups is 1. The average Bonchev–Trinajstić information content (AvgIpc) is 3.42. The number of furan rings is 2. The molecule has 0 fully saturated rings. The molecule has 0 aliphatic carbocycles. The van der Waals surface area contributed by atoms with Crippen LogP contribution in [0, 0.1) is 6.92 Å². The lowest BCUT2D eigenvalue weighted by Crippen LogP contribution is -2.20. The Balaban J connectivity index is 1.74. The molecule has 5 rings (SSSR count). The first-order chi connectivity index (χ1) is 12.8. The molecule has 1 atom stereocenters. The molecular weight excluding hydrogens is 326 g/mol. The van der Waals surface area contributed by atoms with Gasteiger partial charge in [-0.3, -0.25) is 0 Å². The summed E-state index contributed by atoms with van der Waals surface area (Å²) in [6.07, 6.45) is 4.04. The Kier molecular flexibility index (Phi) is 3.38. The number of hydrogen-bond donors (Lipinski definition) is 0. The van der Waals surface area contributed by atoms with E-state index in [2.05, 4.69) is 12.1 Å². The quantitative estimate of drug-likeness (QED) is 0.516. The largest absolute Gasteiger partial charge is 0.467 e. The van der Waals surface area contributed by atoms with Gasteiger partial charge >= 0.3 is 0 Å². The van der Waals surface area contributed by atoms with Crippen molar-refractivity contribution in [3.8, 4) is 11.1 Å². The van der Waals surface area contributed by atoms with Gasteiger partial charge in [-0.2, -0.15) is 5.10 Å². The van der Waals surface area contributed by atoms with Crippen molar-refractivity contribution in [2.24, 2.45) is 4.99 Å². The summed E-state index contributed by atoms with van der Waals surface area (Å²) in [5, 5.41) is 4.80. The van der Waals surface area contributed by atoms with Crippen molar-refractivity contribution >= 4 is 11.5 Å².